The van der Waals surface area contributed by atoms with E-state index in [4.69, 9.17) is 4.74 Å². The molecule has 0 aliphatic heterocycles. The van der Waals surface area contributed by atoms with E-state index in [-0.39, 0.29) is 6.10 Å². The van der Waals surface area contributed by atoms with Crippen molar-refractivity contribution in [3.8, 4) is 5.75 Å². The number of aliphatic hydroxyl groups is 1. The Labute approximate surface area is 85.5 Å². The summed E-state index contributed by atoms with van der Waals surface area (Å²) >= 11 is 0. The van der Waals surface area contributed by atoms with Crippen molar-refractivity contribution < 1.29 is 9.84 Å². The summed E-state index contributed by atoms with van der Waals surface area (Å²) in [6, 6.07) is 6.07. The van der Waals surface area contributed by atoms with Crippen molar-refractivity contribution >= 4 is 0 Å². The number of hydrogen-bond donors (Lipinski definition) is 1. The summed E-state index contributed by atoms with van der Waals surface area (Å²) in [5.74, 6) is 0.860. The van der Waals surface area contributed by atoms with Gasteiger partial charge in [0.2, 0.25) is 0 Å². The van der Waals surface area contributed by atoms with Gasteiger partial charge in [0.1, 0.15) is 11.9 Å². The van der Waals surface area contributed by atoms with Gasteiger partial charge in [0.25, 0.3) is 0 Å². The molecule has 0 bridgehead atoms. The molecule has 1 unspecified atom stereocenters. The lowest BCUT2D eigenvalue weighted by Gasteiger charge is -2.18. The molecule has 0 aromatic heterocycles. The highest BCUT2D eigenvalue weighted by atomic mass is 16.5. The van der Waals surface area contributed by atoms with Gasteiger partial charge in [0.05, 0.1) is 6.10 Å². The first-order chi connectivity index (χ1) is 6.50. The fraction of sp³-hybridized carbons (Fsp3) is 0.500. The predicted molar refractivity (Wildman–Crippen MR) is 57.7 cm³/mol. The molecular weight excluding hydrogens is 176 g/mol. The summed E-state index contributed by atoms with van der Waals surface area (Å²) in [5.41, 5.74) is 2.27. The standard InChI is InChI=1S/C12H18O2/c1-8-5-6-9(2)12(7-8)14-11(4)10(3)13/h5-7,10-11,13H,1-4H3/t10-,11?/m0/s1. The van der Waals surface area contributed by atoms with E-state index in [1.165, 1.54) is 5.56 Å². The second-order valence-corrected chi connectivity index (χ2v) is 3.83. The Kier molecular flexibility index (Phi) is 3.53. The molecule has 0 aliphatic carbocycles. The predicted octanol–water partition coefficient (Wildman–Crippen LogP) is 2.45. The number of aryl methyl sites for hydroxylation is 2. The van der Waals surface area contributed by atoms with Crippen LogP contribution in [0.25, 0.3) is 0 Å². The highest BCUT2D eigenvalue weighted by Crippen LogP contribution is 2.20. The van der Waals surface area contributed by atoms with Gasteiger partial charge in [-0.15, -0.1) is 0 Å². The number of aliphatic hydroxyl groups excluding tert-OH is 1. The van der Waals surface area contributed by atoms with Crippen LogP contribution in [0, 0.1) is 13.8 Å². The van der Waals surface area contributed by atoms with Crippen LogP contribution in [0.1, 0.15) is 25.0 Å². The summed E-state index contributed by atoms with van der Waals surface area (Å²) in [5, 5.41) is 9.32. The van der Waals surface area contributed by atoms with Gasteiger partial charge in [-0.3, -0.25) is 0 Å². The van der Waals surface area contributed by atoms with Gasteiger partial charge < -0.3 is 9.84 Å². The third-order valence-electron chi connectivity index (χ3n) is 2.34. The summed E-state index contributed by atoms with van der Waals surface area (Å²) in [7, 11) is 0. The average Bonchev–Trinajstić information content (AvgIpc) is 2.11. The second kappa shape index (κ2) is 4.47. The molecule has 1 aromatic carbocycles. The van der Waals surface area contributed by atoms with E-state index in [0.717, 1.165) is 11.3 Å². The van der Waals surface area contributed by atoms with E-state index in [0.29, 0.717) is 0 Å². The van der Waals surface area contributed by atoms with Gasteiger partial charge in [-0.05, 0) is 44.9 Å². The van der Waals surface area contributed by atoms with Gasteiger partial charge in [0, 0.05) is 0 Å². The maximum atomic E-state index is 9.32. The second-order valence-electron chi connectivity index (χ2n) is 3.83. The molecule has 0 aliphatic rings. The molecule has 0 heterocycles. The molecule has 0 radical (unpaired) electrons. The van der Waals surface area contributed by atoms with Gasteiger partial charge in [0.15, 0.2) is 0 Å². The Balaban J connectivity index is 2.80. The van der Waals surface area contributed by atoms with Gasteiger partial charge in [-0.2, -0.15) is 0 Å². The molecule has 2 atom stereocenters. The molecule has 0 saturated heterocycles. The molecular formula is C12H18O2. The van der Waals surface area contributed by atoms with Crippen LogP contribution in [0.5, 0.6) is 5.75 Å². The summed E-state index contributed by atoms with van der Waals surface area (Å²) < 4.78 is 5.64. The molecule has 2 heteroatoms. The van der Waals surface area contributed by atoms with E-state index in [9.17, 15) is 5.11 Å². The van der Waals surface area contributed by atoms with Crippen LogP contribution in [0.3, 0.4) is 0 Å². The largest absolute Gasteiger partial charge is 0.488 e. The summed E-state index contributed by atoms with van der Waals surface area (Å²) in [4.78, 5) is 0. The lowest BCUT2D eigenvalue weighted by Crippen LogP contribution is -2.25. The molecule has 0 amide bonds. The van der Waals surface area contributed by atoms with Crippen LogP contribution in [0.4, 0.5) is 0 Å². The van der Waals surface area contributed by atoms with Crippen molar-refractivity contribution in [3.63, 3.8) is 0 Å². The highest BCUT2D eigenvalue weighted by Gasteiger charge is 2.11. The minimum absolute atomic E-state index is 0.171. The molecule has 0 fully saturated rings. The first kappa shape index (κ1) is 11.1. The zero-order valence-electron chi connectivity index (χ0n) is 9.24. The topological polar surface area (TPSA) is 29.5 Å². The van der Waals surface area contributed by atoms with Crippen molar-refractivity contribution in [2.45, 2.75) is 39.9 Å². The first-order valence-corrected chi connectivity index (χ1v) is 4.92. The van der Waals surface area contributed by atoms with E-state index in [1.54, 1.807) is 6.92 Å². The van der Waals surface area contributed by atoms with E-state index >= 15 is 0 Å². The van der Waals surface area contributed by atoms with E-state index < -0.39 is 6.10 Å². The lowest BCUT2D eigenvalue weighted by atomic mass is 10.1. The fourth-order valence-electron chi connectivity index (χ4n) is 1.13. The summed E-state index contributed by atoms with van der Waals surface area (Å²) in [6.07, 6.45) is -0.620. The van der Waals surface area contributed by atoms with Crippen LogP contribution in [-0.4, -0.2) is 17.3 Å². The Hall–Kier alpha value is -1.02. The van der Waals surface area contributed by atoms with E-state index in [1.807, 2.05) is 32.9 Å². The van der Waals surface area contributed by atoms with Gasteiger partial charge >= 0.3 is 0 Å². The third-order valence-corrected chi connectivity index (χ3v) is 2.34. The van der Waals surface area contributed by atoms with Crippen LogP contribution < -0.4 is 4.74 Å². The molecule has 2 nitrogen and oxygen atoms in total. The monoisotopic (exact) mass is 194 g/mol. The number of benzene rings is 1. The Morgan fingerprint density at radius 2 is 1.86 bits per heavy atom. The number of ether oxygens (including phenoxy) is 1. The smallest absolute Gasteiger partial charge is 0.123 e. The van der Waals surface area contributed by atoms with Gasteiger partial charge in [-0.1, -0.05) is 12.1 Å². The van der Waals surface area contributed by atoms with Crippen molar-refractivity contribution in [1.82, 2.24) is 0 Å². The zero-order chi connectivity index (χ0) is 10.7. The van der Waals surface area contributed by atoms with Crippen molar-refractivity contribution in [1.29, 1.82) is 0 Å². The lowest BCUT2D eigenvalue weighted by molar-refractivity contribution is 0.0600. The number of hydrogen-bond acceptors (Lipinski definition) is 2. The molecule has 1 rings (SSSR count). The van der Waals surface area contributed by atoms with Crippen molar-refractivity contribution in [3.05, 3.63) is 29.3 Å². The van der Waals surface area contributed by atoms with E-state index in [2.05, 4.69) is 6.07 Å². The Bertz CT molecular complexity index is 305. The number of rotatable bonds is 3. The molecule has 1 N–H and O–H groups in total. The van der Waals surface area contributed by atoms with Gasteiger partial charge in [-0.25, -0.2) is 0 Å². The SMILES string of the molecule is Cc1ccc(C)c(OC(C)[C@H](C)O)c1. The minimum Gasteiger partial charge on any atom is -0.488 e. The Morgan fingerprint density at radius 3 is 2.43 bits per heavy atom. The highest BCUT2D eigenvalue weighted by molar-refractivity contribution is 5.36. The maximum absolute atomic E-state index is 9.32. The quantitative estimate of drug-likeness (QED) is 0.801. The molecule has 0 spiro atoms. The van der Waals surface area contributed by atoms with Crippen LogP contribution in [0.2, 0.25) is 0 Å². The normalized spacial score (nSPS) is 14.9. The summed E-state index contributed by atoms with van der Waals surface area (Å²) in [6.45, 7) is 7.63. The average molecular weight is 194 g/mol. The van der Waals surface area contributed by atoms with Crippen molar-refractivity contribution in [2.75, 3.05) is 0 Å². The third kappa shape index (κ3) is 2.74. The minimum atomic E-state index is -0.449. The maximum Gasteiger partial charge on any atom is 0.123 e. The molecule has 78 valence electrons. The molecule has 14 heavy (non-hydrogen) atoms. The molecule has 0 saturated carbocycles. The van der Waals surface area contributed by atoms with Crippen LogP contribution >= 0.6 is 0 Å². The molecule has 1 aromatic rings. The van der Waals surface area contributed by atoms with Crippen LogP contribution in [0.15, 0.2) is 18.2 Å². The zero-order valence-corrected chi connectivity index (χ0v) is 9.24. The first-order valence-electron chi connectivity index (χ1n) is 4.92. The Morgan fingerprint density at radius 1 is 1.21 bits per heavy atom. The van der Waals surface area contributed by atoms with Crippen LogP contribution in [-0.2, 0) is 0 Å². The van der Waals surface area contributed by atoms with Crippen molar-refractivity contribution in [2.24, 2.45) is 0 Å². The fourth-order valence-corrected chi connectivity index (χ4v) is 1.13.